The van der Waals surface area contributed by atoms with Crippen molar-refractivity contribution in [3.8, 4) is 12.3 Å². The molecule has 0 bridgehead atoms. The van der Waals surface area contributed by atoms with E-state index in [2.05, 4.69) is 10.9 Å². The van der Waals surface area contributed by atoms with E-state index in [0.717, 1.165) is 17.4 Å². The summed E-state index contributed by atoms with van der Waals surface area (Å²) in [6.07, 6.45) is 5.44. The Bertz CT molecular complexity index is 1270. The van der Waals surface area contributed by atoms with Crippen LogP contribution >= 0.6 is 22.9 Å². The normalized spacial score (nSPS) is 11.3. The summed E-state index contributed by atoms with van der Waals surface area (Å²) in [5, 5.41) is 11.0. The molecule has 0 saturated heterocycles. The van der Waals surface area contributed by atoms with Gasteiger partial charge in [-0.2, -0.15) is 4.99 Å². The molecule has 0 N–H and O–H groups in total. The average molecular weight is 430 g/mol. The van der Waals surface area contributed by atoms with Gasteiger partial charge in [-0.15, -0.1) is 6.42 Å². The summed E-state index contributed by atoms with van der Waals surface area (Å²) < 4.78 is 7.01. The Hall–Kier alpha value is -3.48. The lowest BCUT2D eigenvalue weighted by Crippen LogP contribution is -2.16. The van der Waals surface area contributed by atoms with Gasteiger partial charge in [0.05, 0.1) is 44.9 Å². The second-order valence-electron chi connectivity index (χ2n) is 5.69. The summed E-state index contributed by atoms with van der Waals surface area (Å²) in [5.74, 6) is 1.25. The first-order chi connectivity index (χ1) is 13.8. The number of terminal acetylenes is 1. The van der Waals surface area contributed by atoms with Gasteiger partial charge in [0, 0.05) is 12.1 Å². The first kappa shape index (κ1) is 20.3. The smallest absolute Gasteiger partial charge is 0.337 e. The van der Waals surface area contributed by atoms with Crippen LogP contribution < -0.4 is 4.80 Å². The third kappa shape index (κ3) is 4.03. The molecule has 0 saturated carbocycles. The Labute approximate surface area is 173 Å². The van der Waals surface area contributed by atoms with Crippen LogP contribution in [0.15, 0.2) is 41.4 Å². The molecule has 0 aliphatic carbocycles. The van der Waals surface area contributed by atoms with E-state index in [-0.39, 0.29) is 27.6 Å². The van der Waals surface area contributed by atoms with Crippen molar-refractivity contribution in [3.63, 3.8) is 0 Å². The molecule has 8 nitrogen and oxygen atoms in total. The number of amides is 1. The van der Waals surface area contributed by atoms with Crippen molar-refractivity contribution in [3.05, 3.63) is 67.5 Å². The summed E-state index contributed by atoms with van der Waals surface area (Å²) in [6, 6.07) is 8.41. The third-order valence-corrected chi connectivity index (χ3v) is 5.31. The quantitative estimate of drug-likeness (QED) is 0.273. The molecule has 3 rings (SSSR count). The van der Waals surface area contributed by atoms with Crippen molar-refractivity contribution < 1.29 is 19.2 Å². The molecule has 0 unspecified atom stereocenters. The number of carbonyl (C=O) groups is 2. The molecular formula is C19H12ClN3O5S. The lowest BCUT2D eigenvalue weighted by Gasteiger charge is -2.02. The first-order valence-electron chi connectivity index (χ1n) is 8.04. The van der Waals surface area contributed by atoms with E-state index in [1.165, 1.54) is 19.2 Å². The fourth-order valence-electron chi connectivity index (χ4n) is 2.59. The molecular weight excluding hydrogens is 418 g/mol. The maximum Gasteiger partial charge on any atom is 0.337 e. The van der Waals surface area contributed by atoms with Gasteiger partial charge in [0.1, 0.15) is 0 Å². The number of hydrogen-bond acceptors (Lipinski definition) is 6. The number of carbonyl (C=O) groups excluding carboxylic acids is 2. The van der Waals surface area contributed by atoms with Crippen LogP contribution in [-0.4, -0.2) is 28.5 Å². The SMILES string of the molecule is C#CCn1c(=NC(=O)c2cc([N+](=O)[O-])ccc2Cl)sc2cc(C(=O)OC)ccc21. The minimum Gasteiger partial charge on any atom is -0.465 e. The minimum absolute atomic E-state index is 0.0435. The monoisotopic (exact) mass is 429 g/mol. The van der Waals surface area contributed by atoms with Gasteiger partial charge in [0.2, 0.25) is 0 Å². The molecule has 0 fully saturated rings. The van der Waals surface area contributed by atoms with Crippen molar-refractivity contribution >= 4 is 50.7 Å². The topological polar surface area (TPSA) is 104 Å². The zero-order valence-electron chi connectivity index (χ0n) is 14.9. The van der Waals surface area contributed by atoms with Crippen molar-refractivity contribution in [1.82, 2.24) is 4.57 Å². The Morgan fingerprint density at radius 2 is 2.10 bits per heavy atom. The predicted molar refractivity (Wildman–Crippen MR) is 108 cm³/mol. The van der Waals surface area contributed by atoms with Gasteiger partial charge in [-0.25, -0.2) is 4.79 Å². The molecule has 0 spiro atoms. The lowest BCUT2D eigenvalue weighted by atomic mass is 10.2. The number of esters is 1. The summed E-state index contributed by atoms with van der Waals surface area (Å²) in [4.78, 5) is 39.1. The molecule has 1 amide bonds. The van der Waals surface area contributed by atoms with Gasteiger partial charge < -0.3 is 9.30 Å². The molecule has 0 aliphatic heterocycles. The number of aromatic nitrogens is 1. The van der Waals surface area contributed by atoms with Crippen molar-refractivity contribution in [1.29, 1.82) is 0 Å². The zero-order chi connectivity index (χ0) is 21.1. The standard InChI is InChI=1S/C19H12ClN3O5S/c1-3-8-22-15-7-4-11(18(25)28-2)9-16(15)29-19(22)21-17(24)13-10-12(23(26)27)5-6-14(13)20/h1,4-7,9-10H,8H2,2H3. The van der Waals surface area contributed by atoms with Crippen LogP contribution in [0.3, 0.4) is 0 Å². The number of fused-ring (bicyclic) bond motifs is 1. The Morgan fingerprint density at radius 3 is 2.76 bits per heavy atom. The number of rotatable bonds is 4. The minimum atomic E-state index is -0.746. The number of halogens is 1. The maximum absolute atomic E-state index is 12.7. The number of thiazole rings is 1. The number of benzene rings is 2. The molecule has 3 aromatic rings. The van der Waals surface area contributed by atoms with Crippen LogP contribution in [0.2, 0.25) is 5.02 Å². The van der Waals surface area contributed by atoms with Gasteiger partial charge in [-0.1, -0.05) is 28.9 Å². The Balaban J connectivity index is 2.16. The molecule has 146 valence electrons. The number of nitro groups is 1. The Kier molecular flexibility index (Phi) is 5.77. The number of methoxy groups -OCH3 is 1. The molecule has 1 aromatic heterocycles. The van der Waals surface area contributed by atoms with E-state index in [4.69, 9.17) is 22.8 Å². The van der Waals surface area contributed by atoms with Crippen LogP contribution in [0.25, 0.3) is 10.2 Å². The van der Waals surface area contributed by atoms with E-state index in [9.17, 15) is 19.7 Å². The first-order valence-corrected chi connectivity index (χ1v) is 9.23. The van der Waals surface area contributed by atoms with Crippen LogP contribution in [0.1, 0.15) is 20.7 Å². The van der Waals surface area contributed by atoms with Gasteiger partial charge in [0.15, 0.2) is 4.80 Å². The largest absolute Gasteiger partial charge is 0.465 e. The number of nitrogens with zero attached hydrogens (tertiary/aromatic N) is 3. The van der Waals surface area contributed by atoms with Gasteiger partial charge in [0.25, 0.3) is 11.6 Å². The zero-order valence-corrected chi connectivity index (χ0v) is 16.5. The fourth-order valence-corrected chi connectivity index (χ4v) is 3.85. The molecule has 2 aromatic carbocycles. The number of nitro benzene ring substituents is 1. The molecule has 0 atom stereocenters. The molecule has 1 heterocycles. The highest BCUT2D eigenvalue weighted by molar-refractivity contribution is 7.16. The van der Waals surface area contributed by atoms with E-state index < -0.39 is 16.8 Å². The van der Waals surface area contributed by atoms with E-state index in [1.54, 1.807) is 22.8 Å². The highest BCUT2D eigenvalue weighted by atomic mass is 35.5. The van der Waals surface area contributed by atoms with Crippen molar-refractivity contribution in [2.75, 3.05) is 7.11 Å². The second kappa shape index (κ2) is 8.26. The summed E-state index contributed by atoms with van der Waals surface area (Å²) >= 11 is 7.16. The third-order valence-electron chi connectivity index (χ3n) is 3.94. The van der Waals surface area contributed by atoms with Crippen LogP contribution in [0, 0.1) is 22.5 Å². The summed E-state index contributed by atoms with van der Waals surface area (Å²) in [7, 11) is 1.28. The number of non-ortho nitro benzene ring substituents is 1. The lowest BCUT2D eigenvalue weighted by molar-refractivity contribution is -0.384. The highest BCUT2D eigenvalue weighted by Gasteiger charge is 2.17. The summed E-state index contributed by atoms with van der Waals surface area (Å²) in [6.45, 7) is 0.131. The Morgan fingerprint density at radius 1 is 1.34 bits per heavy atom. The van der Waals surface area contributed by atoms with Gasteiger partial charge >= 0.3 is 5.97 Å². The molecule has 29 heavy (non-hydrogen) atoms. The van der Waals surface area contributed by atoms with Crippen LogP contribution in [0.5, 0.6) is 0 Å². The van der Waals surface area contributed by atoms with E-state index in [1.807, 2.05) is 0 Å². The van der Waals surface area contributed by atoms with Crippen LogP contribution in [0.4, 0.5) is 5.69 Å². The second-order valence-corrected chi connectivity index (χ2v) is 7.10. The molecule has 0 aliphatic rings. The predicted octanol–water partition coefficient (Wildman–Crippen LogP) is 3.43. The number of hydrogen-bond donors (Lipinski definition) is 0. The van der Waals surface area contributed by atoms with E-state index in [0.29, 0.717) is 15.8 Å². The molecule has 0 radical (unpaired) electrons. The van der Waals surface area contributed by atoms with Crippen molar-refractivity contribution in [2.24, 2.45) is 4.99 Å². The molecule has 10 heteroatoms. The number of ether oxygens (including phenoxy) is 1. The van der Waals surface area contributed by atoms with Crippen molar-refractivity contribution in [2.45, 2.75) is 6.54 Å². The average Bonchev–Trinajstić information content (AvgIpc) is 3.04. The van der Waals surface area contributed by atoms with Gasteiger partial charge in [-0.05, 0) is 24.3 Å². The van der Waals surface area contributed by atoms with E-state index >= 15 is 0 Å². The summed E-state index contributed by atoms with van der Waals surface area (Å²) in [5.41, 5.74) is 0.648. The highest BCUT2D eigenvalue weighted by Crippen LogP contribution is 2.23. The maximum atomic E-state index is 12.7. The fraction of sp³-hybridized carbons (Fsp3) is 0.105. The van der Waals surface area contributed by atoms with Gasteiger partial charge in [-0.3, -0.25) is 14.9 Å². The van der Waals surface area contributed by atoms with Crippen LogP contribution in [-0.2, 0) is 11.3 Å².